The van der Waals surface area contributed by atoms with E-state index < -0.39 is 0 Å². The van der Waals surface area contributed by atoms with Crippen LogP contribution in [0.3, 0.4) is 0 Å². The predicted octanol–water partition coefficient (Wildman–Crippen LogP) is 4.69. The molecule has 1 atom stereocenters. The van der Waals surface area contributed by atoms with Gasteiger partial charge in [-0.1, -0.05) is 31.5 Å². The summed E-state index contributed by atoms with van der Waals surface area (Å²) in [6.07, 6.45) is 4.07. The molecule has 132 valence electrons. The molecule has 1 aromatic carbocycles. The van der Waals surface area contributed by atoms with Crippen molar-refractivity contribution < 1.29 is 14.3 Å². The molecule has 1 aromatic heterocycles. The Morgan fingerprint density at radius 1 is 1.24 bits per heavy atom. The first-order chi connectivity index (χ1) is 12.1. The van der Waals surface area contributed by atoms with Gasteiger partial charge in [-0.2, -0.15) is 0 Å². The minimum absolute atomic E-state index is 0.197. The number of hydrogen-bond donors (Lipinski definition) is 1. The lowest BCUT2D eigenvalue weighted by molar-refractivity contribution is 0.0526. The molecule has 0 aliphatic heterocycles. The number of rotatable bonds is 5. The largest absolute Gasteiger partial charge is 0.462 e. The van der Waals surface area contributed by atoms with Gasteiger partial charge in [-0.3, -0.25) is 4.79 Å². The molecule has 0 saturated carbocycles. The van der Waals surface area contributed by atoms with Crippen molar-refractivity contribution in [3.8, 4) is 0 Å². The molecule has 0 saturated heterocycles. The van der Waals surface area contributed by atoms with Crippen molar-refractivity contribution in [2.75, 3.05) is 11.9 Å². The fourth-order valence-electron chi connectivity index (χ4n) is 3.27. The maximum atomic E-state index is 12.5. The van der Waals surface area contributed by atoms with Crippen LogP contribution in [0.5, 0.6) is 0 Å². The number of thiophene rings is 1. The van der Waals surface area contributed by atoms with Crippen molar-refractivity contribution in [3.05, 3.63) is 51.9 Å². The first kappa shape index (κ1) is 17.7. The normalized spacial score (nSPS) is 16.2. The Bertz CT molecular complexity index is 767. The zero-order valence-electron chi connectivity index (χ0n) is 14.6. The Morgan fingerprint density at radius 3 is 2.68 bits per heavy atom. The van der Waals surface area contributed by atoms with Crippen LogP contribution in [0.4, 0.5) is 5.00 Å². The van der Waals surface area contributed by atoms with Gasteiger partial charge in [0.2, 0.25) is 0 Å². The minimum atomic E-state index is -0.335. The van der Waals surface area contributed by atoms with E-state index in [1.807, 2.05) is 18.2 Å². The molecule has 1 heterocycles. The van der Waals surface area contributed by atoms with Crippen molar-refractivity contribution >= 4 is 28.2 Å². The summed E-state index contributed by atoms with van der Waals surface area (Å²) in [5.41, 5.74) is 2.20. The van der Waals surface area contributed by atoms with E-state index in [0.29, 0.717) is 28.7 Å². The summed E-state index contributed by atoms with van der Waals surface area (Å²) in [6, 6.07) is 9.05. The number of hydrogen-bond acceptors (Lipinski definition) is 4. The first-order valence-corrected chi connectivity index (χ1v) is 9.63. The standard InChI is InChI=1S/C20H23NO3S/c1-3-13-10-11-15-16(12-13)25-19(17(15)20(23)24-4-2)21-18(22)14-8-6-5-7-9-14/h5-9,13H,3-4,10-12H2,1-2H3,(H,21,22)/t13-/m0/s1. The van der Waals surface area contributed by atoms with E-state index in [2.05, 4.69) is 12.2 Å². The van der Waals surface area contributed by atoms with Crippen LogP contribution in [0.15, 0.2) is 30.3 Å². The zero-order valence-corrected chi connectivity index (χ0v) is 15.4. The lowest BCUT2D eigenvalue weighted by atomic mass is 9.85. The third kappa shape index (κ3) is 3.76. The second-order valence-corrected chi connectivity index (χ2v) is 7.37. The van der Waals surface area contributed by atoms with Crippen LogP contribution in [-0.4, -0.2) is 18.5 Å². The van der Waals surface area contributed by atoms with Crippen molar-refractivity contribution in [2.45, 2.75) is 39.5 Å². The predicted molar refractivity (Wildman–Crippen MR) is 100 cm³/mol. The van der Waals surface area contributed by atoms with Gasteiger partial charge in [0.1, 0.15) is 5.00 Å². The van der Waals surface area contributed by atoms with Crippen LogP contribution in [0.25, 0.3) is 0 Å². The number of amides is 1. The summed E-state index contributed by atoms with van der Waals surface area (Å²) < 4.78 is 5.25. The highest BCUT2D eigenvalue weighted by molar-refractivity contribution is 7.17. The topological polar surface area (TPSA) is 55.4 Å². The highest BCUT2D eigenvalue weighted by Crippen LogP contribution is 2.41. The van der Waals surface area contributed by atoms with Gasteiger partial charge in [-0.25, -0.2) is 4.79 Å². The molecule has 5 heteroatoms. The molecular weight excluding hydrogens is 334 g/mol. The van der Waals surface area contributed by atoms with E-state index in [-0.39, 0.29) is 11.9 Å². The van der Waals surface area contributed by atoms with Crippen LogP contribution in [0.2, 0.25) is 0 Å². The smallest absolute Gasteiger partial charge is 0.341 e. The average molecular weight is 357 g/mol. The maximum absolute atomic E-state index is 12.5. The van der Waals surface area contributed by atoms with Crippen LogP contribution < -0.4 is 5.32 Å². The molecule has 1 aliphatic rings. The molecule has 0 fully saturated rings. The summed E-state index contributed by atoms with van der Waals surface area (Å²) in [5.74, 6) is 0.119. The van der Waals surface area contributed by atoms with E-state index in [1.165, 1.54) is 16.2 Å². The number of fused-ring (bicyclic) bond motifs is 1. The molecule has 1 N–H and O–H groups in total. The Kier molecular flexibility index (Phi) is 5.53. The van der Waals surface area contributed by atoms with E-state index in [9.17, 15) is 9.59 Å². The molecule has 4 nitrogen and oxygen atoms in total. The second kappa shape index (κ2) is 7.83. The number of ether oxygens (including phenoxy) is 1. The summed E-state index contributed by atoms with van der Waals surface area (Å²) >= 11 is 1.53. The summed E-state index contributed by atoms with van der Waals surface area (Å²) in [7, 11) is 0. The highest BCUT2D eigenvalue weighted by atomic mass is 32.1. The van der Waals surface area contributed by atoms with Gasteiger partial charge in [0.05, 0.1) is 12.2 Å². The molecule has 0 spiro atoms. The maximum Gasteiger partial charge on any atom is 0.341 e. The van der Waals surface area contributed by atoms with E-state index in [0.717, 1.165) is 31.2 Å². The quantitative estimate of drug-likeness (QED) is 0.790. The van der Waals surface area contributed by atoms with Crippen molar-refractivity contribution in [3.63, 3.8) is 0 Å². The molecular formula is C20H23NO3S. The molecule has 0 unspecified atom stereocenters. The van der Waals surface area contributed by atoms with Gasteiger partial charge in [0.15, 0.2) is 0 Å². The highest BCUT2D eigenvalue weighted by Gasteiger charge is 2.29. The SMILES string of the molecule is CCOC(=O)c1c(NC(=O)c2ccccc2)sc2c1CC[C@H](CC)C2. The lowest BCUT2D eigenvalue weighted by Gasteiger charge is -2.20. The second-order valence-electron chi connectivity index (χ2n) is 6.27. The first-order valence-electron chi connectivity index (χ1n) is 8.82. The number of carbonyl (C=O) groups excluding carboxylic acids is 2. The average Bonchev–Trinajstić information content (AvgIpc) is 2.99. The molecule has 0 radical (unpaired) electrons. The van der Waals surface area contributed by atoms with Crippen molar-refractivity contribution in [1.29, 1.82) is 0 Å². The van der Waals surface area contributed by atoms with Crippen LogP contribution in [0, 0.1) is 5.92 Å². The fourth-order valence-corrected chi connectivity index (χ4v) is 4.62. The van der Waals surface area contributed by atoms with Crippen LogP contribution in [0.1, 0.15) is 57.8 Å². The monoisotopic (exact) mass is 357 g/mol. The van der Waals surface area contributed by atoms with Gasteiger partial charge in [-0.05, 0) is 49.8 Å². The van der Waals surface area contributed by atoms with E-state index >= 15 is 0 Å². The number of carbonyl (C=O) groups is 2. The Labute approximate surface area is 152 Å². The molecule has 2 aromatic rings. The molecule has 3 rings (SSSR count). The van der Waals surface area contributed by atoms with Gasteiger partial charge < -0.3 is 10.1 Å². The fraction of sp³-hybridized carbons (Fsp3) is 0.400. The summed E-state index contributed by atoms with van der Waals surface area (Å²) in [4.78, 5) is 26.2. The zero-order chi connectivity index (χ0) is 17.8. The number of nitrogens with one attached hydrogen (secondary N) is 1. The third-order valence-electron chi connectivity index (χ3n) is 4.69. The summed E-state index contributed by atoms with van der Waals surface area (Å²) in [6.45, 7) is 4.33. The van der Waals surface area contributed by atoms with Gasteiger partial charge in [0, 0.05) is 10.4 Å². The van der Waals surface area contributed by atoms with Crippen molar-refractivity contribution in [1.82, 2.24) is 0 Å². The molecule has 25 heavy (non-hydrogen) atoms. The van der Waals surface area contributed by atoms with Crippen molar-refractivity contribution in [2.24, 2.45) is 5.92 Å². The lowest BCUT2D eigenvalue weighted by Crippen LogP contribution is -2.17. The van der Waals surface area contributed by atoms with E-state index in [4.69, 9.17) is 4.74 Å². The summed E-state index contributed by atoms with van der Waals surface area (Å²) in [5, 5.41) is 3.55. The van der Waals surface area contributed by atoms with Gasteiger partial charge in [0.25, 0.3) is 5.91 Å². The molecule has 1 aliphatic carbocycles. The van der Waals surface area contributed by atoms with Crippen LogP contribution in [-0.2, 0) is 17.6 Å². The Hall–Kier alpha value is -2.14. The minimum Gasteiger partial charge on any atom is -0.462 e. The Morgan fingerprint density at radius 2 is 2.00 bits per heavy atom. The van der Waals surface area contributed by atoms with Gasteiger partial charge >= 0.3 is 5.97 Å². The van der Waals surface area contributed by atoms with Gasteiger partial charge in [-0.15, -0.1) is 11.3 Å². The molecule has 1 amide bonds. The van der Waals surface area contributed by atoms with Crippen LogP contribution >= 0.6 is 11.3 Å². The molecule has 0 bridgehead atoms. The number of anilines is 1. The Balaban J connectivity index is 1.93. The number of esters is 1. The third-order valence-corrected chi connectivity index (χ3v) is 5.86. The van der Waals surface area contributed by atoms with E-state index in [1.54, 1.807) is 19.1 Å². The number of benzene rings is 1.